The average molecular weight is 341 g/mol. The van der Waals surface area contributed by atoms with Crippen LogP contribution in [0, 0.1) is 5.82 Å². The summed E-state index contributed by atoms with van der Waals surface area (Å²) in [4.78, 5) is 4.46. The number of anilines is 1. The van der Waals surface area contributed by atoms with Crippen molar-refractivity contribution in [3.05, 3.63) is 53.8 Å². The van der Waals surface area contributed by atoms with Gasteiger partial charge in [0.1, 0.15) is 5.82 Å². The van der Waals surface area contributed by atoms with E-state index in [0.717, 1.165) is 24.3 Å². The fourth-order valence-electron chi connectivity index (χ4n) is 3.03. The number of guanidine groups is 1. The fraction of sp³-hybridized carbons (Fsp3) is 0.316. The smallest absolute Gasteiger partial charge is 0.193 e. The molecule has 0 aromatic heterocycles. The van der Waals surface area contributed by atoms with Crippen molar-refractivity contribution in [1.82, 2.24) is 0 Å². The molecule has 0 spiro atoms. The Hall–Kier alpha value is -2.76. The molecule has 1 saturated carbocycles. The quantitative estimate of drug-likeness (QED) is 0.664. The van der Waals surface area contributed by atoms with E-state index in [1.54, 1.807) is 6.07 Å². The molecule has 0 saturated heterocycles. The molecule has 3 N–H and O–H groups in total. The summed E-state index contributed by atoms with van der Waals surface area (Å²) >= 11 is 0. The van der Waals surface area contributed by atoms with Crippen LogP contribution >= 0.6 is 0 Å². The molecule has 0 unspecified atom stereocenters. The van der Waals surface area contributed by atoms with Crippen molar-refractivity contribution in [2.24, 2.45) is 10.7 Å². The van der Waals surface area contributed by atoms with Gasteiger partial charge in [-0.05, 0) is 30.2 Å². The van der Waals surface area contributed by atoms with E-state index >= 15 is 0 Å². The van der Waals surface area contributed by atoms with E-state index in [9.17, 15) is 4.39 Å². The summed E-state index contributed by atoms with van der Waals surface area (Å²) in [6.07, 6.45) is 1.67. The molecule has 1 fully saturated rings. The third-order valence-electron chi connectivity index (χ3n) is 4.39. The van der Waals surface area contributed by atoms with Crippen molar-refractivity contribution in [2.75, 3.05) is 18.5 Å². The highest BCUT2D eigenvalue weighted by molar-refractivity contribution is 5.92. The number of hydrogen-bond acceptors (Lipinski definition) is 3. The van der Waals surface area contributed by atoms with Gasteiger partial charge in [0.2, 0.25) is 0 Å². The van der Waals surface area contributed by atoms with Crippen molar-refractivity contribution in [1.29, 1.82) is 0 Å². The summed E-state index contributed by atoms with van der Waals surface area (Å²) in [5.41, 5.74) is 7.50. The van der Waals surface area contributed by atoms with Crippen LogP contribution in [0.1, 0.15) is 24.3 Å². The largest absolute Gasteiger partial charge is 0.490 e. The molecule has 1 heterocycles. The minimum Gasteiger partial charge on any atom is -0.490 e. The van der Waals surface area contributed by atoms with Gasteiger partial charge in [0.25, 0.3) is 0 Å². The van der Waals surface area contributed by atoms with Gasteiger partial charge in [0.05, 0.1) is 19.3 Å². The molecule has 2 atom stereocenters. The number of nitrogens with two attached hydrogens (primary N) is 1. The number of nitrogens with zero attached hydrogens (tertiary/aromatic N) is 1. The second-order valence-electron chi connectivity index (χ2n) is 6.28. The molecule has 0 radical (unpaired) electrons. The second kappa shape index (κ2) is 6.63. The third kappa shape index (κ3) is 3.52. The van der Waals surface area contributed by atoms with Crippen LogP contribution in [-0.4, -0.2) is 25.2 Å². The lowest BCUT2D eigenvalue weighted by atomic mass is 10.1. The zero-order chi connectivity index (χ0) is 17.2. The topological polar surface area (TPSA) is 68.9 Å². The monoisotopic (exact) mass is 341 g/mol. The van der Waals surface area contributed by atoms with Crippen molar-refractivity contribution >= 4 is 11.6 Å². The van der Waals surface area contributed by atoms with E-state index in [1.807, 2.05) is 30.3 Å². The molecule has 0 amide bonds. The molecule has 2 aliphatic rings. The molecule has 4 rings (SSSR count). The van der Waals surface area contributed by atoms with Crippen LogP contribution in [0.4, 0.5) is 10.1 Å². The summed E-state index contributed by atoms with van der Waals surface area (Å²) in [5, 5.41) is 3.07. The predicted octanol–water partition coefficient (Wildman–Crippen LogP) is 3.27. The Balaban J connectivity index is 1.42. The maximum atomic E-state index is 13.8. The van der Waals surface area contributed by atoms with Crippen molar-refractivity contribution in [3.63, 3.8) is 0 Å². The van der Waals surface area contributed by atoms with Crippen LogP contribution in [0.5, 0.6) is 11.5 Å². The number of halogens is 1. The van der Waals surface area contributed by atoms with Gasteiger partial charge in [-0.25, -0.2) is 9.38 Å². The van der Waals surface area contributed by atoms with Gasteiger partial charge in [0, 0.05) is 24.1 Å². The van der Waals surface area contributed by atoms with Crippen LogP contribution in [0.2, 0.25) is 0 Å². The molecule has 130 valence electrons. The van der Waals surface area contributed by atoms with Gasteiger partial charge in [-0.3, -0.25) is 0 Å². The Morgan fingerprint density at radius 1 is 1.12 bits per heavy atom. The van der Waals surface area contributed by atoms with Crippen LogP contribution in [0.3, 0.4) is 0 Å². The first-order valence-corrected chi connectivity index (χ1v) is 8.45. The van der Waals surface area contributed by atoms with E-state index in [0.29, 0.717) is 30.5 Å². The van der Waals surface area contributed by atoms with Gasteiger partial charge in [0.15, 0.2) is 17.5 Å². The van der Waals surface area contributed by atoms with Gasteiger partial charge in [-0.1, -0.05) is 18.2 Å². The first kappa shape index (κ1) is 15.7. The molecular formula is C19H20FN3O2. The van der Waals surface area contributed by atoms with Crippen molar-refractivity contribution < 1.29 is 13.9 Å². The molecule has 1 aliphatic heterocycles. The van der Waals surface area contributed by atoms with E-state index in [-0.39, 0.29) is 17.8 Å². The van der Waals surface area contributed by atoms with E-state index in [2.05, 4.69) is 10.3 Å². The maximum Gasteiger partial charge on any atom is 0.193 e. The van der Waals surface area contributed by atoms with Gasteiger partial charge in [-0.15, -0.1) is 0 Å². The molecule has 2 aromatic carbocycles. The Morgan fingerprint density at radius 3 is 2.76 bits per heavy atom. The Labute approximate surface area is 145 Å². The van der Waals surface area contributed by atoms with Crippen molar-refractivity contribution in [2.45, 2.75) is 24.8 Å². The lowest BCUT2D eigenvalue weighted by molar-refractivity contribution is 0.297. The number of ether oxygens (including phenoxy) is 2. The predicted molar refractivity (Wildman–Crippen MR) is 94.8 cm³/mol. The number of aliphatic imine (C=N–C) groups is 1. The van der Waals surface area contributed by atoms with Gasteiger partial charge >= 0.3 is 0 Å². The molecular weight excluding hydrogens is 321 g/mol. The minimum atomic E-state index is -0.181. The van der Waals surface area contributed by atoms with Crippen LogP contribution in [-0.2, 0) is 0 Å². The summed E-state index contributed by atoms with van der Waals surface area (Å²) in [6, 6.07) is 12.4. The molecule has 1 aliphatic carbocycles. The second-order valence-corrected chi connectivity index (χ2v) is 6.28. The Kier molecular flexibility index (Phi) is 4.17. The standard InChI is InChI=1S/C19H20FN3O2/c20-15-5-2-1-4-13(15)14-11-16(14)23-19(21)22-12-6-7-17-18(10-12)25-9-3-8-24-17/h1-2,4-7,10,14,16H,3,8-9,11H2,(H3,21,22,23)/t14-,16+/m0/s1. The van der Waals surface area contributed by atoms with E-state index in [4.69, 9.17) is 15.2 Å². The van der Waals surface area contributed by atoms with Crippen LogP contribution < -0.4 is 20.5 Å². The molecule has 5 nitrogen and oxygen atoms in total. The fourth-order valence-corrected chi connectivity index (χ4v) is 3.03. The summed E-state index contributed by atoms with van der Waals surface area (Å²) in [6.45, 7) is 1.29. The lowest BCUT2D eigenvalue weighted by Crippen LogP contribution is -2.23. The molecule has 25 heavy (non-hydrogen) atoms. The van der Waals surface area contributed by atoms with Crippen LogP contribution in [0.25, 0.3) is 0 Å². The van der Waals surface area contributed by atoms with E-state index < -0.39 is 0 Å². The van der Waals surface area contributed by atoms with Crippen molar-refractivity contribution in [3.8, 4) is 11.5 Å². The lowest BCUT2D eigenvalue weighted by Gasteiger charge is -2.10. The molecule has 6 heteroatoms. The van der Waals surface area contributed by atoms with Gasteiger partial charge in [-0.2, -0.15) is 0 Å². The van der Waals surface area contributed by atoms with Gasteiger partial charge < -0.3 is 20.5 Å². The summed E-state index contributed by atoms with van der Waals surface area (Å²) in [7, 11) is 0. The highest BCUT2D eigenvalue weighted by Gasteiger charge is 2.40. The Morgan fingerprint density at radius 2 is 1.92 bits per heavy atom. The third-order valence-corrected chi connectivity index (χ3v) is 4.39. The normalized spacial score (nSPS) is 22.2. The van der Waals surface area contributed by atoms with E-state index in [1.165, 1.54) is 6.07 Å². The zero-order valence-electron chi connectivity index (χ0n) is 13.7. The molecule has 0 bridgehead atoms. The summed E-state index contributed by atoms with van der Waals surface area (Å²) < 4.78 is 25.1. The summed E-state index contributed by atoms with van der Waals surface area (Å²) in [5.74, 6) is 1.68. The maximum absolute atomic E-state index is 13.8. The number of rotatable bonds is 3. The number of hydrogen-bond donors (Lipinski definition) is 2. The van der Waals surface area contributed by atoms with Crippen LogP contribution in [0.15, 0.2) is 47.5 Å². The Bertz CT molecular complexity index is 809. The highest BCUT2D eigenvalue weighted by Crippen LogP contribution is 2.44. The zero-order valence-corrected chi connectivity index (χ0v) is 13.7. The molecule has 2 aromatic rings. The number of fused-ring (bicyclic) bond motifs is 1. The minimum absolute atomic E-state index is 0.0183. The first-order valence-electron chi connectivity index (χ1n) is 8.45. The first-order chi connectivity index (χ1) is 12.2. The SMILES string of the molecule is NC(=N[C@@H]1C[C@H]1c1ccccc1F)Nc1ccc2c(c1)OCCCO2. The number of benzene rings is 2. The highest BCUT2D eigenvalue weighted by atomic mass is 19.1. The average Bonchev–Trinajstić information content (AvgIpc) is 3.38. The number of nitrogens with one attached hydrogen (secondary N) is 1.